The smallest absolute Gasteiger partial charge is 0.243 e. The van der Waals surface area contributed by atoms with Gasteiger partial charge in [-0.2, -0.15) is 4.98 Å². The summed E-state index contributed by atoms with van der Waals surface area (Å²) in [6, 6.07) is 0.279. The van der Waals surface area contributed by atoms with E-state index >= 15 is 0 Å². The molecule has 2 saturated heterocycles. The molecule has 0 radical (unpaired) electrons. The monoisotopic (exact) mass is 223 g/mol. The number of ether oxygens (including phenoxy) is 1. The molecule has 3 heterocycles. The molecular weight excluding hydrogens is 206 g/mol. The van der Waals surface area contributed by atoms with Gasteiger partial charge in [0.15, 0.2) is 5.82 Å². The van der Waals surface area contributed by atoms with Crippen LogP contribution in [0.25, 0.3) is 0 Å². The summed E-state index contributed by atoms with van der Waals surface area (Å²) in [5, 5.41) is 7.40. The van der Waals surface area contributed by atoms with Gasteiger partial charge in [-0.15, -0.1) is 0 Å². The van der Waals surface area contributed by atoms with E-state index in [0.717, 1.165) is 50.7 Å². The minimum absolute atomic E-state index is 0.279. The largest absolute Gasteiger partial charge is 0.381 e. The summed E-state index contributed by atoms with van der Waals surface area (Å²) in [5.74, 6) is 2.16. The van der Waals surface area contributed by atoms with E-state index < -0.39 is 0 Å². The molecule has 16 heavy (non-hydrogen) atoms. The molecule has 2 aliphatic heterocycles. The molecule has 3 rings (SSSR count). The lowest BCUT2D eigenvalue weighted by Gasteiger charge is -2.02. The van der Waals surface area contributed by atoms with Crippen LogP contribution in [0.1, 0.15) is 37.0 Å². The molecule has 88 valence electrons. The molecule has 0 aliphatic carbocycles. The van der Waals surface area contributed by atoms with Crippen LogP contribution >= 0.6 is 0 Å². The second-order valence-electron chi connectivity index (χ2n) is 4.63. The zero-order valence-corrected chi connectivity index (χ0v) is 9.32. The third-order valence-electron chi connectivity index (χ3n) is 3.34. The Balaban J connectivity index is 1.62. The number of hydrogen-bond acceptors (Lipinski definition) is 5. The second kappa shape index (κ2) is 4.51. The first-order chi connectivity index (χ1) is 7.92. The Labute approximate surface area is 94.6 Å². The van der Waals surface area contributed by atoms with Gasteiger partial charge < -0.3 is 14.6 Å². The third-order valence-corrected chi connectivity index (χ3v) is 3.34. The summed E-state index contributed by atoms with van der Waals surface area (Å²) < 4.78 is 10.6. The quantitative estimate of drug-likeness (QED) is 0.830. The van der Waals surface area contributed by atoms with Crippen molar-refractivity contribution in [3.8, 4) is 0 Å². The molecule has 1 aromatic heterocycles. The Hall–Kier alpha value is -0.940. The van der Waals surface area contributed by atoms with E-state index in [1.807, 2.05) is 0 Å². The summed E-state index contributed by atoms with van der Waals surface area (Å²) in [5.41, 5.74) is 0. The lowest BCUT2D eigenvalue weighted by atomic mass is 10.1. The summed E-state index contributed by atoms with van der Waals surface area (Å²) in [4.78, 5) is 4.46. The van der Waals surface area contributed by atoms with Crippen molar-refractivity contribution in [3.63, 3.8) is 0 Å². The topological polar surface area (TPSA) is 60.2 Å². The van der Waals surface area contributed by atoms with E-state index in [1.165, 1.54) is 6.42 Å². The number of rotatable bonds is 3. The van der Waals surface area contributed by atoms with Crippen molar-refractivity contribution >= 4 is 0 Å². The average molecular weight is 223 g/mol. The lowest BCUT2D eigenvalue weighted by molar-refractivity contribution is 0.185. The van der Waals surface area contributed by atoms with E-state index in [4.69, 9.17) is 9.26 Å². The van der Waals surface area contributed by atoms with Crippen LogP contribution in [0.4, 0.5) is 0 Å². The molecule has 1 unspecified atom stereocenters. The fourth-order valence-corrected chi connectivity index (χ4v) is 2.39. The first-order valence-corrected chi connectivity index (χ1v) is 6.05. The van der Waals surface area contributed by atoms with Crippen molar-refractivity contribution in [2.45, 2.75) is 31.7 Å². The molecule has 2 atom stereocenters. The van der Waals surface area contributed by atoms with Gasteiger partial charge in [0.25, 0.3) is 0 Å². The lowest BCUT2D eigenvalue weighted by Crippen LogP contribution is -2.13. The molecule has 5 nitrogen and oxygen atoms in total. The van der Waals surface area contributed by atoms with Crippen molar-refractivity contribution in [1.29, 1.82) is 0 Å². The van der Waals surface area contributed by atoms with Gasteiger partial charge in [-0.25, -0.2) is 0 Å². The number of nitrogens with zero attached hydrogens (tertiary/aromatic N) is 2. The van der Waals surface area contributed by atoms with Crippen LogP contribution in [-0.2, 0) is 11.2 Å². The van der Waals surface area contributed by atoms with Gasteiger partial charge in [-0.3, -0.25) is 0 Å². The molecular formula is C11H17N3O2. The molecule has 0 spiro atoms. The van der Waals surface area contributed by atoms with Crippen LogP contribution in [0, 0.1) is 5.92 Å². The normalized spacial score (nSPS) is 30.0. The van der Waals surface area contributed by atoms with E-state index in [0.29, 0.717) is 5.92 Å². The Bertz CT molecular complexity index is 341. The van der Waals surface area contributed by atoms with Crippen molar-refractivity contribution in [1.82, 2.24) is 15.5 Å². The number of aromatic nitrogens is 2. The Morgan fingerprint density at radius 3 is 3.12 bits per heavy atom. The SMILES string of the molecule is C1CN[C@H](c2nc(CC3CCOC3)no2)C1. The Kier molecular flexibility index (Phi) is 2.88. The predicted molar refractivity (Wildman–Crippen MR) is 56.9 cm³/mol. The van der Waals surface area contributed by atoms with Gasteiger partial charge in [-0.1, -0.05) is 5.16 Å². The molecule has 2 fully saturated rings. The highest BCUT2D eigenvalue weighted by Gasteiger charge is 2.24. The average Bonchev–Trinajstić information content (AvgIpc) is 2.99. The van der Waals surface area contributed by atoms with Crippen molar-refractivity contribution < 1.29 is 9.26 Å². The minimum atomic E-state index is 0.279. The maximum absolute atomic E-state index is 5.34. The maximum atomic E-state index is 5.34. The number of hydrogen-bond donors (Lipinski definition) is 1. The zero-order chi connectivity index (χ0) is 10.8. The molecule has 1 N–H and O–H groups in total. The van der Waals surface area contributed by atoms with Crippen molar-refractivity contribution in [2.24, 2.45) is 5.92 Å². The molecule has 5 heteroatoms. The minimum Gasteiger partial charge on any atom is -0.381 e. The van der Waals surface area contributed by atoms with E-state index in [9.17, 15) is 0 Å². The van der Waals surface area contributed by atoms with Crippen LogP contribution in [0.2, 0.25) is 0 Å². The summed E-state index contributed by atoms with van der Waals surface area (Å²) in [7, 11) is 0. The molecule has 0 aromatic carbocycles. The van der Waals surface area contributed by atoms with Crippen molar-refractivity contribution in [2.75, 3.05) is 19.8 Å². The fraction of sp³-hybridized carbons (Fsp3) is 0.818. The summed E-state index contributed by atoms with van der Waals surface area (Å²) in [6.07, 6.45) is 4.30. The molecule has 0 saturated carbocycles. The second-order valence-corrected chi connectivity index (χ2v) is 4.63. The highest BCUT2D eigenvalue weighted by atomic mass is 16.5. The maximum Gasteiger partial charge on any atom is 0.243 e. The predicted octanol–water partition coefficient (Wildman–Crippen LogP) is 1.07. The van der Waals surface area contributed by atoms with Crippen molar-refractivity contribution in [3.05, 3.63) is 11.7 Å². The van der Waals surface area contributed by atoms with Crippen LogP contribution in [0.3, 0.4) is 0 Å². The van der Waals surface area contributed by atoms with Gasteiger partial charge in [0.2, 0.25) is 5.89 Å². The fourth-order valence-electron chi connectivity index (χ4n) is 2.39. The Morgan fingerprint density at radius 1 is 1.38 bits per heavy atom. The van der Waals surface area contributed by atoms with Gasteiger partial charge in [0, 0.05) is 19.6 Å². The van der Waals surface area contributed by atoms with E-state index in [1.54, 1.807) is 0 Å². The van der Waals surface area contributed by atoms with Gasteiger partial charge >= 0.3 is 0 Å². The third kappa shape index (κ3) is 2.10. The molecule has 0 bridgehead atoms. The van der Waals surface area contributed by atoms with E-state index in [-0.39, 0.29) is 6.04 Å². The van der Waals surface area contributed by atoms with E-state index in [2.05, 4.69) is 15.5 Å². The van der Waals surface area contributed by atoms with Crippen LogP contribution in [0.5, 0.6) is 0 Å². The van der Waals surface area contributed by atoms with Crippen LogP contribution in [-0.4, -0.2) is 29.9 Å². The van der Waals surface area contributed by atoms with Gasteiger partial charge in [0.1, 0.15) is 0 Å². The van der Waals surface area contributed by atoms with Crippen LogP contribution < -0.4 is 5.32 Å². The standard InChI is InChI=1S/C11H17N3O2/c1-2-9(12-4-1)11-13-10(14-16-11)6-8-3-5-15-7-8/h8-9,12H,1-7H2/t8?,9-/m0/s1. The Morgan fingerprint density at radius 2 is 2.38 bits per heavy atom. The molecule has 2 aliphatic rings. The zero-order valence-electron chi connectivity index (χ0n) is 9.32. The number of nitrogens with one attached hydrogen (secondary N) is 1. The molecule has 0 amide bonds. The summed E-state index contributed by atoms with van der Waals surface area (Å²) in [6.45, 7) is 2.77. The van der Waals surface area contributed by atoms with Crippen LogP contribution in [0.15, 0.2) is 4.52 Å². The highest BCUT2D eigenvalue weighted by molar-refractivity contribution is 4.96. The first kappa shape index (κ1) is 10.2. The summed E-state index contributed by atoms with van der Waals surface area (Å²) >= 11 is 0. The molecule has 1 aromatic rings. The van der Waals surface area contributed by atoms with Gasteiger partial charge in [-0.05, 0) is 31.7 Å². The first-order valence-electron chi connectivity index (χ1n) is 6.05. The highest BCUT2D eigenvalue weighted by Crippen LogP contribution is 2.22. The van der Waals surface area contributed by atoms with Gasteiger partial charge in [0.05, 0.1) is 6.04 Å².